The van der Waals surface area contributed by atoms with Gasteiger partial charge in [-0.15, -0.1) is 0 Å². The van der Waals surface area contributed by atoms with Crippen LogP contribution in [0.4, 0.5) is 5.69 Å². The predicted octanol–water partition coefficient (Wildman–Crippen LogP) is 2.63. The van der Waals surface area contributed by atoms with Crippen molar-refractivity contribution < 1.29 is 14.6 Å². The van der Waals surface area contributed by atoms with Gasteiger partial charge in [-0.2, -0.15) is 0 Å². The van der Waals surface area contributed by atoms with E-state index in [4.69, 9.17) is 9.84 Å². The normalized spacial score (nSPS) is 20.3. The fourth-order valence-corrected chi connectivity index (χ4v) is 2.67. The molecule has 0 spiro atoms. The molecule has 1 aliphatic rings. The van der Waals surface area contributed by atoms with Crippen molar-refractivity contribution in [2.45, 2.75) is 19.8 Å². The fourth-order valence-electron chi connectivity index (χ4n) is 2.67. The highest BCUT2D eigenvalue weighted by Gasteiger charge is 2.26. The predicted molar refractivity (Wildman–Crippen MR) is 74.7 cm³/mol. The van der Waals surface area contributed by atoms with E-state index >= 15 is 0 Å². The zero-order chi connectivity index (χ0) is 13.8. The van der Waals surface area contributed by atoms with E-state index in [1.165, 1.54) is 0 Å². The number of hydrogen-bond donors (Lipinski definition) is 1. The summed E-state index contributed by atoms with van der Waals surface area (Å²) in [5.41, 5.74) is 1.16. The van der Waals surface area contributed by atoms with Gasteiger partial charge in [-0.1, -0.05) is 13.0 Å². The van der Waals surface area contributed by atoms with Crippen molar-refractivity contribution in [3.63, 3.8) is 0 Å². The Morgan fingerprint density at radius 2 is 2.37 bits per heavy atom. The van der Waals surface area contributed by atoms with Crippen LogP contribution < -0.4 is 9.64 Å². The van der Waals surface area contributed by atoms with Gasteiger partial charge in [0, 0.05) is 24.8 Å². The summed E-state index contributed by atoms with van der Waals surface area (Å²) >= 11 is 0. The lowest BCUT2D eigenvalue weighted by molar-refractivity contribution is -0.141. The first-order valence-corrected chi connectivity index (χ1v) is 6.72. The van der Waals surface area contributed by atoms with Gasteiger partial charge in [0.25, 0.3) is 0 Å². The van der Waals surface area contributed by atoms with Crippen LogP contribution in [0.25, 0.3) is 0 Å². The number of hydrogen-bond acceptors (Lipinski definition) is 3. The molecule has 19 heavy (non-hydrogen) atoms. The molecular formula is C15H21NO3. The van der Waals surface area contributed by atoms with Crippen molar-refractivity contribution in [2.75, 3.05) is 25.1 Å². The quantitative estimate of drug-likeness (QED) is 0.887. The summed E-state index contributed by atoms with van der Waals surface area (Å²) in [4.78, 5) is 13.2. The van der Waals surface area contributed by atoms with Crippen LogP contribution in [0.5, 0.6) is 5.75 Å². The minimum absolute atomic E-state index is 0.254. The number of carboxylic acids is 1. The third-order valence-electron chi connectivity index (χ3n) is 3.81. The van der Waals surface area contributed by atoms with Gasteiger partial charge in [0.15, 0.2) is 0 Å². The number of nitrogens with zero attached hydrogens (tertiary/aromatic N) is 1. The molecule has 104 valence electrons. The largest absolute Gasteiger partial charge is 0.497 e. The molecule has 2 rings (SSSR count). The summed E-state index contributed by atoms with van der Waals surface area (Å²) in [6.45, 7) is 3.71. The molecule has 1 aliphatic heterocycles. The molecule has 1 saturated heterocycles. The summed E-state index contributed by atoms with van der Waals surface area (Å²) < 4.78 is 5.23. The minimum atomic E-state index is -0.695. The van der Waals surface area contributed by atoms with Crippen LogP contribution in [-0.2, 0) is 4.79 Å². The van der Waals surface area contributed by atoms with Crippen LogP contribution in [0.15, 0.2) is 24.3 Å². The van der Waals surface area contributed by atoms with Crippen LogP contribution in [0, 0.1) is 11.8 Å². The van der Waals surface area contributed by atoms with Gasteiger partial charge >= 0.3 is 5.97 Å². The van der Waals surface area contributed by atoms with Crippen LogP contribution in [0.3, 0.4) is 0 Å². The highest BCUT2D eigenvalue weighted by Crippen LogP contribution is 2.29. The zero-order valence-electron chi connectivity index (χ0n) is 11.5. The van der Waals surface area contributed by atoms with Gasteiger partial charge in [-0.05, 0) is 30.9 Å². The second-order valence-corrected chi connectivity index (χ2v) is 5.28. The number of anilines is 1. The molecule has 0 radical (unpaired) electrons. The first-order valence-electron chi connectivity index (χ1n) is 6.72. The summed E-state index contributed by atoms with van der Waals surface area (Å²) in [7, 11) is 1.67. The van der Waals surface area contributed by atoms with Crippen molar-refractivity contribution >= 4 is 11.7 Å². The molecule has 4 nitrogen and oxygen atoms in total. The topological polar surface area (TPSA) is 49.8 Å². The Balaban J connectivity index is 1.96. The molecule has 0 saturated carbocycles. The second-order valence-electron chi connectivity index (χ2n) is 5.28. The van der Waals surface area contributed by atoms with Crippen molar-refractivity contribution in [2.24, 2.45) is 11.8 Å². The molecular weight excluding hydrogens is 242 g/mol. The van der Waals surface area contributed by atoms with Crippen molar-refractivity contribution in [1.82, 2.24) is 0 Å². The lowest BCUT2D eigenvalue weighted by Crippen LogP contribution is -2.21. The number of aliphatic carboxylic acids is 1. The minimum Gasteiger partial charge on any atom is -0.497 e. The molecule has 0 aromatic heterocycles. The van der Waals surface area contributed by atoms with Crippen LogP contribution in [-0.4, -0.2) is 31.3 Å². The molecule has 0 amide bonds. The van der Waals surface area contributed by atoms with Gasteiger partial charge < -0.3 is 14.7 Å². The molecule has 1 N–H and O–H groups in total. The highest BCUT2D eigenvalue weighted by atomic mass is 16.5. The molecule has 2 unspecified atom stereocenters. The Morgan fingerprint density at radius 3 is 3.05 bits per heavy atom. The SMILES string of the molecule is COc1cccc(N2CCC(CC(C)C(=O)O)C2)c1. The van der Waals surface area contributed by atoms with Crippen LogP contribution >= 0.6 is 0 Å². The van der Waals surface area contributed by atoms with E-state index in [1.54, 1.807) is 14.0 Å². The molecule has 1 aromatic rings. The Kier molecular flexibility index (Phi) is 4.30. The smallest absolute Gasteiger partial charge is 0.306 e. The van der Waals surface area contributed by atoms with Gasteiger partial charge in [0.1, 0.15) is 5.75 Å². The molecule has 1 fully saturated rings. The van der Waals surface area contributed by atoms with Crippen LogP contribution in [0.2, 0.25) is 0 Å². The maximum atomic E-state index is 10.9. The van der Waals surface area contributed by atoms with E-state index in [0.717, 1.165) is 37.4 Å². The van der Waals surface area contributed by atoms with Crippen molar-refractivity contribution in [3.05, 3.63) is 24.3 Å². The van der Waals surface area contributed by atoms with Gasteiger partial charge in [0.2, 0.25) is 0 Å². The number of benzene rings is 1. The molecule has 1 aromatic carbocycles. The van der Waals surface area contributed by atoms with E-state index in [-0.39, 0.29) is 5.92 Å². The highest BCUT2D eigenvalue weighted by molar-refractivity contribution is 5.69. The lowest BCUT2D eigenvalue weighted by atomic mass is 9.95. The Morgan fingerprint density at radius 1 is 1.58 bits per heavy atom. The van der Waals surface area contributed by atoms with Crippen LogP contribution in [0.1, 0.15) is 19.8 Å². The molecule has 2 atom stereocenters. The zero-order valence-corrected chi connectivity index (χ0v) is 11.5. The first-order chi connectivity index (χ1) is 9.10. The molecule has 4 heteroatoms. The summed E-state index contributed by atoms with van der Waals surface area (Å²) in [6, 6.07) is 8.03. The van der Waals surface area contributed by atoms with Gasteiger partial charge in [-0.25, -0.2) is 0 Å². The summed E-state index contributed by atoms with van der Waals surface area (Å²) in [5, 5.41) is 8.96. The van der Waals surface area contributed by atoms with E-state index in [9.17, 15) is 4.79 Å². The Hall–Kier alpha value is -1.71. The fraction of sp³-hybridized carbons (Fsp3) is 0.533. The lowest BCUT2D eigenvalue weighted by Gasteiger charge is -2.20. The van der Waals surface area contributed by atoms with E-state index in [0.29, 0.717) is 5.92 Å². The first kappa shape index (κ1) is 13.7. The third-order valence-corrected chi connectivity index (χ3v) is 3.81. The van der Waals surface area contributed by atoms with Gasteiger partial charge in [-0.3, -0.25) is 4.79 Å². The molecule has 0 aliphatic carbocycles. The standard InChI is InChI=1S/C15H21NO3/c1-11(15(17)18)8-12-6-7-16(10-12)13-4-3-5-14(9-13)19-2/h3-5,9,11-12H,6-8,10H2,1-2H3,(H,17,18). The average Bonchev–Trinajstić information content (AvgIpc) is 2.87. The maximum absolute atomic E-state index is 10.9. The molecule has 0 bridgehead atoms. The average molecular weight is 263 g/mol. The second kappa shape index (κ2) is 5.95. The number of carboxylic acid groups (broad SMARTS) is 1. The summed E-state index contributed by atoms with van der Waals surface area (Å²) in [6.07, 6.45) is 1.82. The number of methoxy groups -OCH3 is 1. The van der Waals surface area contributed by atoms with Gasteiger partial charge in [0.05, 0.1) is 13.0 Å². The van der Waals surface area contributed by atoms with E-state index in [1.807, 2.05) is 18.2 Å². The maximum Gasteiger partial charge on any atom is 0.306 e. The van der Waals surface area contributed by atoms with Crippen molar-refractivity contribution in [1.29, 1.82) is 0 Å². The summed E-state index contributed by atoms with van der Waals surface area (Å²) in [5.74, 6) is 0.382. The van der Waals surface area contributed by atoms with Crippen molar-refractivity contribution in [3.8, 4) is 5.75 Å². The number of ether oxygens (including phenoxy) is 1. The number of carbonyl (C=O) groups is 1. The number of rotatable bonds is 5. The Bertz CT molecular complexity index is 447. The Labute approximate surface area is 114 Å². The van der Waals surface area contributed by atoms with E-state index in [2.05, 4.69) is 11.0 Å². The molecule has 1 heterocycles. The monoisotopic (exact) mass is 263 g/mol. The van der Waals surface area contributed by atoms with E-state index < -0.39 is 5.97 Å². The third kappa shape index (κ3) is 3.40.